The van der Waals surface area contributed by atoms with Crippen LogP contribution in [-0.4, -0.2) is 35.7 Å². The lowest BCUT2D eigenvalue weighted by molar-refractivity contribution is 0.0955. The number of aromatic nitrogens is 1. The molecule has 0 aliphatic heterocycles. The lowest BCUT2D eigenvalue weighted by atomic mass is 10.4. The fraction of sp³-hybridized carbons (Fsp3) is 0.556. The molecule has 0 spiro atoms. The van der Waals surface area contributed by atoms with Crippen LogP contribution in [0.4, 0.5) is 5.13 Å². The molecule has 1 amide bonds. The molecule has 0 bridgehead atoms. The molecule has 0 aliphatic rings. The average Bonchev–Trinajstić information content (AvgIpc) is 2.67. The van der Waals surface area contributed by atoms with E-state index >= 15 is 0 Å². The van der Waals surface area contributed by atoms with Gasteiger partial charge in [-0.1, -0.05) is 11.3 Å². The first-order valence-corrected chi connectivity index (χ1v) is 5.68. The lowest BCUT2D eigenvalue weighted by Gasteiger charge is -2.00. The molecule has 0 saturated heterocycles. The van der Waals surface area contributed by atoms with Crippen molar-refractivity contribution in [2.75, 3.05) is 25.0 Å². The number of thiazole rings is 1. The Morgan fingerprint density at radius 3 is 3.13 bits per heavy atom. The van der Waals surface area contributed by atoms with Gasteiger partial charge in [0.2, 0.25) is 0 Å². The second-order valence-electron chi connectivity index (χ2n) is 2.89. The number of rotatable bonds is 6. The molecule has 0 atom stereocenters. The number of hydrogen-bond acceptors (Lipinski definition) is 5. The van der Waals surface area contributed by atoms with Crippen molar-refractivity contribution in [2.45, 2.75) is 13.3 Å². The topological polar surface area (TPSA) is 74.2 Å². The number of carbonyl (C=O) groups is 1. The first kappa shape index (κ1) is 11.9. The number of hydrogen-bond donors (Lipinski definition) is 3. The zero-order chi connectivity index (χ0) is 11.1. The second kappa shape index (κ2) is 6.36. The van der Waals surface area contributed by atoms with Gasteiger partial charge in [0, 0.05) is 19.7 Å². The van der Waals surface area contributed by atoms with Crippen molar-refractivity contribution in [2.24, 2.45) is 0 Å². The highest BCUT2D eigenvalue weighted by molar-refractivity contribution is 7.17. The van der Waals surface area contributed by atoms with Crippen LogP contribution in [0.1, 0.15) is 23.0 Å². The standard InChI is InChI=1S/C9H15N3O2S/c1-2-10-9-12-6-7(15-9)8(14)11-4-3-5-13/h6,13H,2-5H2,1H3,(H,10,12)(H,11,14). The number of carbonyl (C=O) groups excluding carboxylic acids is 1. The van der Waals surface area contributed by atoms with Gasteiger partial charge in [-0.25, -0.2) is 4.98 Å². The summed E-state index contributed by atoms with van der Waals surface area (Å²) in [6.07, 6.45) is 2.13. The molecule has 1 rings (SSSR count). The van der Waals surface area contributed by atoms with Crippen LogP contribution >= 0.6 is 11.3 Å². The van der Waals surface area contributed by atoms with E-state index in [1.54, 1.807) is 6.20 Å². The van der Waals surface area contributed by atoms with Gasteiger partial charge in [0.15, 0.2) is 5.13 Å². The van der Waals surface area contributed by atoms with E-state index in [9.17, 15) is 4.79 Å². The van der Waals surface area contributed by atoms with E-state index in [1.807, 2.05) is 6.92 Å². The fourth-order valence-corrected chi connectivity index (χ4v) is 1.78. The summed E-state index contributed by atoms with van der Waals surface area (Å²) >= 11 is 1.33. The maximum Gasteiger partial charge on any atom is 0.263 e. The molecule has 84 valence electrons. The van der Waals surface area contributed by atoms with Gasteiger partial charge in [-0.15, -0.1) is 0 Å². The third kappa shape index (κ3) is 3.85. The largest absolute Gasteiger partial charge is 0.396 e. The number of aliphatic hydroxyl groups is 1. The molecule has 0 unspecified atom stereocenters. The molecular weight excluding hydrogens is 214 g/mol. The number of amides is 1. The number of nitrogens with zero attached hydrogens (tertiary/aromatic N) is 1. The van der Waals surface area contributed by atoms with Gasteiger partial charge in [-0.2, -0.15) is 0 Å². The van der Waals surface area contributed by atoms with Crippen LogP contribution in [0, 0.1) is 0 Å². The van der Waals surface area contributed by atoms with E-state index in [1.165, 1.54) is 11.3 Å². The van der Waals surface area contributed by atoms with E-state index in [-0.39, 0.29) is 12.5 Å². The van der Waals surface area contributed by atoms with Crippen LogP contribution in [0.2, 0.25) is 0 Å². The average molecular weight is 229 g/mol. The van der Waals surface area contributed by atoms with Crippen molar-refractivity contribution in [3.63, 3.8) is 0 Å². The number of aliphatic hydroxyl groups excluding tert-OH is 1. The van der Waals surface area contributed by atoms with Crippen molar-refractivity contribution in [1.29, 1.82) is 0 Å². The Kier molecular flexibility index (Phi) is 5.06. The van der Waals surface area contributed by atoms with Gasteiger partial charge in [-0.05, 0) is 13.3 Å². The van der Waals surface area contributed by atoms with Crippen LogP contribution in [0.15, 0.2) is 6.20 Å². The smallest absolute Gasteiger partial charge is 0.263 e. The van der Waals surface area contributed by atoms with Crippen LogP contribution < -0.4 is 10.6 Å². The predicted molar refractivity (Wildman–Crippen MR) is 60.3 cm³/mol. The first-order chi connectivity index (χ1) is 7.27. The summed E-state index contributed by atoms with van der Waals surface area (Å²) in [5, 5.41) is 15.0. The number of nitrogens with one attached hydrogen (secondary N) is 2. The summed E-state index contributed by atoms with van der Waals surface area (Å²) < 4.78 is 0. The molecule has 3 N–H and O–H groups in total. The second-order valence-corrected chi connectivity index (χ2v) is 3.92. The van der Waals surface area contributed by atoms with Gasteiger partial charge < -0.3 is 15.7 Å². The molecule has 1 heterocycles. The highest BCUT2D eigenvalue weighted by Crippen LogP contribution is 2.17. The maximum atomic E-state index is 11.5. The Hall–Kier alpha value is -1.14. The van der Waals surface area contributed by atoms with Gasteiger partial charge in [-0.3, -0.25) is 4.79 Å². The monoisotopic (exact) mass is 229 g/mol. The predicted octanol–water partition coefficient (Wildman–Crippen LogP) is 0.687. The minimum atomic E-state index is -0.134. The Balaban J connectivity index is 2.43. The van der Waals surface area contributed by atoms with Crippen molar-refractivity contribution < 1.29 is 9.90 Å². The van der Waals surface area contributed by atoms with Crippen molar-refractivity contribution in [1.82, 2.24) is 10.3 Å². The van der Waals surface area contributed by atoms with Crippen molar-refractivity contribution in [3.05, 3.63) is 11.1 Å². The fourth-order valence-electron chi connectivity index (χ4n) is 0.980. The first-order valence-electron chi connectivity index (χ1n) is 4.86. The molecule has 0 fully saturated rings. The van der Waals surface area contributed by atoms with E-state index in [0.717, 1.165) is 11.7 Å². The van der Waals surface area contributed by atoms with Crippen LogP contribution in [0.25, 0.3) is 0 Å². The molecule has 0 saturated carbocycles. The Labute approximate surface area is 92.5 Å². The summed E-state index contributed by atoms with van der Waals surface area (Å²) in [6, 6.07) is 0. The molecule has 6 heteroatoms. The zero-order valence-corrected chi connectivity index (χ0v) is 9.43. The Morgan fingerprint density at radius 2 is 2.47 bits per heavy atom. The van der Waals surface area contributed by atoms with E-state index in [4.69, 9.17) is 5.11 Å². The highest BCUT2D eigenvalue weighted by Gasteiger charge is 2.08. The maximum absolute atomic E-state index is 11.5. The van der Waals surface area contributed by atoms with Crippen LogP contribution in [-0.2, 0) is 0 Å². The van der Waals surface area contributed by atoms with E-state index in [2.05, 4.69) is 15.6 Å². The third-order valence-corrected chi connectivity index (χ3v) is 2.63. The molecule has 5 nitrogen and oxygen atoms in total. The van der Waals surface area contributed by atoms with E-state index in [0.29, 0.717) is 17.8 Å². The molecule has 1 aromatic rings. The minimum absolute atomic E-state index is 0.0889. The lowest BCUT2D eigenvalue weighted by Crippen LogP contribution is -2.24. The van der Waals surface area contributed by atoms with Crippen LogP contribution in [0.5, 0.6) is 0 Å². The zero-order valence-electron chi connectivity index (χ0n) is 8.62. The third-order valence-electron chi connectivity index (χ3n) is 1.68. The normalized spacial score (nSPS) is 10.0. The molecule has 0 aliphatic carbocycles. The summed E-state index contributed by atoms with van der Waals surface area (Å²) in [6.45, 7) is 3.34. The van der Waals surface area contributed by atoms with Crippen LogP contribution in [0.3, 0.4) is 0 Å². The molecule has 0 radical (unpaired) electrons. The molecule has 1 aromatic heterocycles. The van der Waals surface area contributed by atoms with Gasteiger partial charge in [0.25, 0.3) is 5.91 Å². The minimum Gasteiger partial charge on any atom is -0.396 e. The van der Waals surface area contributed by atoms with Crippen molar-refractivity contribution in [3.8, 4) is 0 Å². The van der Waals surface area contributed by atoms with E-state index < -0.39 is 0 Å². The highest BCUT2D eigenvalue weighted by atomic mass is 32.1. The SMILES string of the molecule is CCNc1ncc(C(=O)NCCCO)s1. The summed E-state index contributed by atoms with van der Waals surface area (Å²) in [5.74, 6) is -0.134. The van der Waals surface area contributed by atoms with Gasteiger partial charge >= 0.3 is 0 Å². The number of anilines is 1. The summed E-state index contributed by atoms with van der Waals surface area (Å²) in [7, 11) is 0. The summed E-state index contributed by atoms with van der Waals surface area (Å²) in [4.78, 5) is 16.1. The van der Waals surface area contributed by atoms with Gasteiger partial charge in [0.05, 0.1) is 6.20 Å². The Morgan fingerprint density at radius 1 is 1.67 bits per heavy atom. The Bertz CT molecular complexity index is 314. The summed E-state index contributed by atoms with van der Waals surface area (Å²) in [5.41, 5.74) is 0. The molecule has 15 heavy (non-hydrogen) atoms. The molecule has 0 aromatic carbocycles. The quantitative estimate of drug-likeness (QED) is 0.627. The molecular formula is C9H15N3O2S. The van der Waals surface area contributed by atoms with Crippen molar-refractivity contribution >= 4 is 22.4 Å². The van der Waals surface area contributed by atoms with Gasteiger partial charge in [0.1, 0.15) is 4.88 Å².